The molecule has 1 N–H and O–H groups in total. The van der Waals surface area contributed by atoms with Crippen molar-refractivity contribution in [1.29, 1.82) is 0 Å². The van der Waals surface area contributed by atoms with Gasteiger partial charge in [0.05, 0.1) is 11.0 Å². The first-order valence-electron chi connectivity index (χ1n) is 8.52. The molecule has 0 unspecified atom stereocenters. The molecular formula is C16H19N5O3S2. The number of fused-ring (bicyclic) bond motifs is 1. The Morgan fingerprint density at radius 2 is 2.00 bits per heavy atom. The highest BCUT2D eigenvalue weighted by Gasteiger charge is 2.18. The van der Waals surface area contributed by atoms with Crippen molar-refractivity contribution in [1.82, 2.24) is 24.5 Å². The smallest absolute Gasteiger partial charge is 0.240 e. The maximum Gasteiger partial charge on any atom is 0.240 e. The zero-order chi connectivity index (χ0) is 18.0. The van der Waals surface area contributed by atoms with Crippen LogP contribution < -0.4 is 9.46 Å². The minimum Gasteiger partial charge on any atom is -0.490 e. The first-order valence-corrected chi connectivity index (χ1v) is 10.8. The Labute approximate surface area is 155 Å². The second-order valence-corrected chi connectivity index (χ2v) is 9.00. The molecule has 8 nitrogen and oxygen atoms in total. The summed E-state index contributed by atoms with van der Waals surface area (Å²) in [5, 5.41) is 12.7. The van der Waals surface area contributed by atoms with Gasteiger partial charge in [-0.15, -0.1) is 10.2 Å². The summed E-state index contributed by atoms with van der Waals surface area (Å²) in [6, 6.07) is 6.59. The lowest BCUT2D eigenvalue weighted by molar-refractivity contribution is 0.210. The molecule has 3 aromatic rings. The summed E-state index contributed by atoms with van der Waals surface area (Å²) in [6.07, 6.45) is 6.80. The topological polar surface area (TPSA) is 98.5 Å². The molecule has 10 heteroatoms. The molecule has 0 saturated heterocycles. The average Bonchev–Trinajstić information content (AvgIpc) is 3.33. The molecule has 0 spiro atoms. The normalized spacial score (nSPS) is 15.7. The van der Waals surface area contributed by atoms with Crippen molar-refractivity contribution in [2.24, 2.45) is 0 Å². The number of hydrogen-bond donors (Lipinski definition) is 1. The molecule has 2 aromatic heterocycles. The summed E-state index contributed by atoms with van der Waals surface area (Å²) in [7, 11) is -3.55. The zero-order valence-electron chi connectivity index (χ0n) is 14.0. The third-order valence-corrected chi connectivity index (χ3v) is 6.75. The summed E-state index contributed by atoms with van der Waals surface area (Å²) in [6.45, 7) is 0.271. The van der Waals surface area contributed by atoms with Crippen molar-refractivity contribution >= 4 is 26.3 Å². The Kier molecular flexibility index (Phi) is 4.88. The van der Waals surface area contributed by atoms with Crippen LogP contribution in [0.25, 0.3) is 4.96 Å². The largest absolute Gasteiger partial charge is 0.490 e. The lowest BCUT2D eigenvalue weighted by Gasteiger charge is -2.13. The van der Waals surface area contributed by atoms with Crippen molar-refractivity contribution in [3.8, 4) is 5.75 Å². The van der Waals surface area contributed by atoms with Gasteiger partial charge in [-0.1, -0.05) is 11.3 Å². The van der Waals surface area contributed by atoms with Crippen molar-refractivity contribution in [3.05, 3.63) is 35.6 Å². The van der Waals surface area contributed by atoms with E-state index in [0.29, 0.717) is 11.4 Å². The van der Waals surface area contributed by atoms with E-state index < -0.39 is 10.0 Å². The molecule has 0 bridgehead atoms. The van der Waals surface area contributed by atoms with Gasteiger partial charge in [0.1, 0.15) is 17.1 Å². The van der Waals surface area contributed by atoms with Crippen LogP contribution in [0.15, 0.2) is 35.5 Å². The fourth-order valence-corrected chi connectivity index (χ4v) is 4.82. The third kappa shape index (κ3) is 3.87. The van der Waals surface area contributed by atoms with Gasteiger partial charge in [0, 0.05) is 13.0 Å². The molecule has 2 heterocycles. The van der Waals surface area contributed by atoms with E-state index in [1.165, 1.54) is 30.5 Å². The van der Waals surface area contributed by atoms with Crippen molar-refractivity contribution in [3.63, 3.8) is 0 Å². The van der Waals surface area contributed by atoms with Crippen LogP contribution in [0.5, 0.6) is 5.75 Å². The SMILES string of the molecule is O=S(=O)(NCCc1nn2cnnc2s1)c1ccc(OC2CCCC2)cc1. The summed E-state index contributed by atoms with van der Waals surface area (Å²) >= 11 is 1.39. The van der Waals surface area contributed by atoms with E-state index in [1.54, 1.807) is 28.8 Å². The van der Waals surface area contributed by atoms with E-state index in [4.69, 9.17) is 4.74 Å². The fraction of sp³-hybridized carbons (Fsp3) is 0.438. The van der Waals surface area contributed by atoms with Crippen LogP contribution in [-0.2, 0) is 16.4 Å². The molecule has 0 atom stereocenters. The Bertz CT molecular complexity index is 946. The standard InChI is InChI=1S/C16H19N5O3S2/c22-26(23,18-10-9-15-20-21-11-17-19-16(21)25-15)14-7-5-13(6-8-14)24-12-3-1-2-4-12/h5-8,11-12,18H,1-4,9-10H2. The van der Waals surface area contributed by atoms with Crippen LogP contribution in [0, 0.1) is 0 Å². The summed E-state index contributed by atoms with van der Waals surface area (Å²) in [5.74, 6) is 0.718. The highest BCUT2D eigenvalue weighted by Crippen LogP contribution is 2.25. The second kappa shape index (κ2) is 7.29. The first kappa shape index (κ1) is 17.4. The molecule has 1 saturated carbocycles. The number of benzene rings is 1. The molecule has 0 aliphatic heterocycles. The molecular weight excluding hydrogens is 374 g/mol. The maximum atomic E-state index is 12.4. The predicted molar refractivity (Wildman–Crippen MR) is 96.9 cm³/mol. The van der Waals surface area contributed by atoms with Gasteiger partial charge in [-0.05, 0) is 49.9 Å². The minimum atomic E-state index is -3.55. The van der Waals surface area contributed by atoms with Crippen LogP contribution in [0.1, 0.15) is 30.7 Å². The van der Waals surface area contributed by atoms with E-state index in [0.717, 1.165) is 23.6 Å². The lowest BCUT2D eigenvalue weighted by Crippen LogP contribution is -2.26. The van der Waals surface area contributed by atoms with Gasteiger partial charge in [-0.25, -0.2) is 13.1 Å². The van der Waals surface area contributed by atoms with Crippen LogP contribution in [0.3, 0.4) is 0 Å². The van der Waals surface area contributed by atoms with Gasteiger partial charge in [0.25, 0.3) is 0 Å². The third-order valence-electron chi connectivity index (χ3n) is 4.30. The van der Waals surface area contributed by atoms with E-state index in [2.05, 4.69) is 20.0 Å². The van der Waals surface area contributed by atoms with Gasteiger partial charge in [-0.3, -0.25) is 0 Å². The molecule has 26 heavy (non-hydrogen) atoms. The van der Waals surface area contributed by atoms with Gasteiger partial charge in [0.15, 0.2) is 0 Å². The molecule has 4 rings (SSSR count). The van der Waals surface area contributed by atoms with Crippen LogP contribution in [0.4, 0.5) is 0 Å². The van der Waals surface area contributed by atoms with Gasteiger partial charge >= 0.3 is 0 Å². The number of rotatable bonds is 7. The zero-order valence-corrected chi connectivity index (χ0v) is 15.7. The second-order valence-electron chi connectivity index (χ2n) is 6.20. The molecule has 138 valence electrons. The van der Waals surface area contributed by atoms with Gasteiger partial charge in [-0.2, -0.15) is 9.61 Å². The average molecular weight is 393 g/mol. The quantitative estimate of drug-likeness (QED) is 0.659. The Morgan fingerprint density at radius 3 is 2.73 bits per heavy atom. The Hall–Kier alpha value is -2.04. The van der Waals surface area contributed by atoms with E-state index in [1.807, 2.05) is 0 Å². The molecule has 1 aromatic carbocycles. The van der Waals surface area contributed by atoms with Crippen LogP contribution >= 0.6 is 11.3 Å². The van der Waals surface area contributed by atoms with E-state index in [9.17, 15) is 8.42 Å². The number of sulfonamides is 1. The summed E-state index contributed by atoms with van der Waals surface area (Å²) in [4.78, 5) is 0.926. The molecule has 0 amide bonds. The van der Waals surface area contributed by atoms with Crippen LogP contribution in [-0.4, -0.2) is 40.9 Å². The van der Waals surface area contributed by atoms with Gasteiger partial charge in [0.2, 0.25) is 15.0 Å². The van der Waals surface area contributed by atoms with Gasteiger partial charge < -0.3 is 4.74 Å². The monoisotopic (exact) mass is 393 g/mol. The summed E-state index contributed by atoms with van der Waals surface area (Å²) < 4.78 is 34.9. The highest BCUT2D eigenvalue weighted by atomic mass is 32.2. The predicted octanol–water partition coefficient (Wildman–Crippen LogP) is 2.03. The number of aromatic nitrogens is 4. The highest BCUT2D eigenvalue weighted by molar-refractivity contribution is 7.89. The number of ether oxygens (including phenoxy) is 1. The van der Waals surface area contributed by atoms with E-state index >= 15 is 0 Å². The Balaban J connectivity index is 1.34. The Morgan fingerprint density at radius 1 is 1.23 bits per heavy atom. The lowest BCUT2D eigenvalue weighted by atomic mass is 10.3. The van der Waals surface area contributed by atoms with E-state index in [-0.39, 0.29) is 17.5 Å². The van der Waals surface area contributed by atoms with Crippen molar-refractivity contribution in [2.45, 2.75) is 43.1 Å². The van der Waals surface area contributed by atoms with Crippen molar-refractivity contribution < 1.29 is 13.2 Å². The van der Waals surface area contributed by atoms with Crippen molar-refractivity contribution in [2.75, 3.05) is 6.54 Å². The fourth-order valence-electron chi connectivity index (χ4n) is 2.97. The minimum absolute atomic E-state index is 0.231. The maximum absolute atomic E-state index is 12.4. The molecule has 1 aliphatic rings. The molecule has 0 radical (unpaired) electrons. The summed E-state index contributed by atoms with van der Waals surface area (Å²) in [5.41, 5.74) is 0. The molecule has 1 aliphatic carbocycles. The van der Waals surface area contributed by atoms with Crippen LogP contribution in [0.2, 0.25) is 0 Å². The number of nitrogens with one attached hydrogen (secondary N) is 1. The molecule has 1 fully saturated rings. The number of nitrogens with zero attached hydrogens (tertiary/aromatic N) is 4. The first-order chi connectivity index (χ1) is 12.6. The number of hydrogen-bond acceptors (Lipinski definition) is 7.